The van der Waals surface area contributed by atoms with E-state index in [-0.39, 0.29) is 11.6 Å². The van der Waals surface area contributed by atoms with E-state index in [4.69, 9.17) is 15.2 Å². The van der Waals surface area contributed by atoms with E-state index in [0.717, 1.165) is 12.8 Å². The largest absolute Gasteiger partial charge is 0.475 e. The van der Waals surface area contributed by atoms with E-state index >= 15 is 0 Å². The molecular formula is C13H21N3O2. The number of ether oxygens (including phenoxy) is 2. The molecule has 0 amide bonds. The SMILES string of the molecule is CC(C)Oc1ccnc(OCC2(N)CCCC2)n1. The van der Waals surface area contributed by atoms with Gasteiger partial charge in [-0.15, -0.1) is 0 Å². The lowest BCUT2D eigenvalue weighted by atomic mass is 10.0. The average molecular weight is 251 g/mol. The minimum absolute atomic E-state index is 0.0865. The Kier molecular flexibility index (Phi) is 4.01. The van der Waals surface area contributed by atoms with Gasteiger partial charge >= 0.3 is 6.01 Å². The Morgan fingerprint density at radius 2 is 2.11 bits per heavy atom. The van der Waals surface area contributed by atoms with E-state index in [0.29, 0.717) is 18.5 Å². The molecule has 1 aliphatic carbocycles. The van der Waals surface area contributed by atoms with Crippen molar-refractivity contribution in [2.75, 3.05) is 6.61 Å². The van der Waals surface area contributed by atoms with Crippen molar-refractivity contribution < 1.29 is 9.47 Å². The smallest absolute Gasteiger partial charge is 0.319 e. The Hall–Kier alpha value is -1.36. The summed E-state index contributed by atoms with van der Waals surface area (Å²) in [7, 11) is 0. The van der Waals surface area contributed by atoms with Gasteiger partial charge in [-0.3, -0.25) is 0 Å². The van der Waals surface area contributed by atoms with Gasteiger partial charge in [0.05, 0.1) is 11.6 Å². The molecule has 0 radical (unpaired) electrons. The molecule has 18 heavy (non-hydrogen) atoms. The van der Waals surface area contributed by atoms with Crippen molar-refractivity contribution >= 4 is 0 Å². The van der Waals surface area contributed by atoms with Gasteiger partial charge in [0.2, 0.25) is 5.88 Å². The third-order valence-corrected chi connectivity index (χ3v) is 3.05. The summed E-state index contributed by atoms with van der Waals surface area (Å²) in [6.45, 7) is 4.38. The van der Waals surface area contributed by atoms with E-state index in [2.05, 4.69) is 9.97 Å². The van der Waals surface area contributed by atoms with Crippen LogP contribution in [0.15, 0.2) is 12.3 Å². The molecule has 2 rings (SSSR count). The van der Waals surface area contributed by atoms with E-state index in [9.17, 15) is 0 Å². The van der Waals surface area contributed by atoms with Crippen LogP contribution in [0.25, 0.3) is 0 Å². The Morgan fingerprint density at radius 1 is 1.39 bits per heavy atom. The Morgan fingerprint density at radius 3 is 2.78 bits per heavy atom. The number of aromatic nitrogens is 2. The molecule has 1 aromatic heterocycles. The zero-order chi connectivity index (χ0) is 13.0. The maximum absolute atomic E-state index is 6.21. The molecule has 0 aromatic carbocycles. The van der Waals surface area contributed by atoms with Crippen molar-refractivity contribution in [1.29, 1.82) is 0 Å². The van der Waals surface area contributed by atoms with Crippen LogP contribution < -0.4 is 15.2 Å². The molecule has 5 heteroatoms. The molecule has 1 aliphatic rings. The van der Waals surface area contributed by atoms with Crippen LogP contribution in [0.4, 0.5) is 0 Å². The quantitative estimate of drug-likeness (QED) is 0.865. The van der Waals surface area contributed by atoms with Gasteiger partial charge in [0, 0.05) is 12.3 Å². The van der Waals surface area contributed by atoms with E-state index in [1.165, 1.54) is 12.8 Å². The average Bonchev–Trinajstić information content (AvgIpc) is 2.74. The predicted octanol–water partition coefficient (Wildman–Crippen LogP) is 1.91. The normalized spacial score (nSPS) is 18.0. The summed E-state index contributed by atoms with van der Waals surface area (Å²) in [6.07, 6.45) is 6.10. The maximum Gasteiger partial charge on any atom is 0.319 e. The topological polar surface area (TPSA) is 70.3 Å². The Balaban J connectivity index is 1.92. The first-order chi connectivity index (χ1) is 8.57. The maximum atomic E-state index is 6.21. The number of hydrogen-bond acceptors (Lipinski definition) is 5. The minimum Gasteiger partial charge on any atom is -0.475 e. The van der Waals surface area contributed by atoms with E-state index in [1.54, 1.807) is 12.3 Å². The number of nitrogens with zero attached hydrogens (tertiary/aromatic N) is 2. The molecule has 0 saturated heterocycles. The first kappa shape index (κ1) is 13.1. The molecule has 1 aromatic rings. The number of nitrogens with two attached hydrogens (primary N) is 1. The fourth-order valence-electron chi connectivity index (χ4n) is 2.13. The zero-order valence-electron chi connectivity index (χ0n) is 11.1. The molecule has 1 saturated carbocycles. The molecular weight excluding hydrogens is 230 g/mol. The molecule has 0 spiro atoms. The van der Waals surface area contributed by atoms with Gasteiger partial charge in [0.1, 0.15) is 6.61 Å². The summed E-state index contributed by atoms with van der Waals surface area (Å²) in [4.78, 5) is 8.26. The molecule has 100 valence electrons. The number of hydrogen-bond donors (Lipinski definition) is 1. The molecule has 0 aliphatic heterocycles. The van der Waals surface area contributed by atoms with Crippen LogP contribution in [0.5, 0.6) is 11.9 Å². The standard InChI is InChI=1S/C13H21N3O2/c1-10(2)18-11-5-8-15-12(16-11)17-9-13(14)6-3-4-7-13/h5,8,10H,3-4,6-7,9,14H2,1-2H3. The monoisotopic (exact) mass is 251 g/mol. The highest BCUT2D eigenvalue weighted by Crippen LogP contribution is 2.27. The van der Waals surface area contributed by atoms with Gasteiger partial charge in [-0.2, -0.15) is 4.98 Å². The third-order valence-electron chi connectivity index (χ3n) is 3.05. The van der Waals surface area contributed by atoms with Crippen LogP contribution in [0.2, 0.25) is 0 Å². The van der Waals surface area contributed by atoms with Gasteiger partial charge in [-0.25, -0.2) is 4.98 Å². The van der Waals surface area contributed by atoms with E-state index in [1.807, 2.05) is 13.8 Å². The highest BCUT2D eigenvalue weighted by molar-refractivity contribution is 5.11. The highest BCUT2D eigenvalue weighted by Gasteiger charge is 2.30. The molecule has 0 bridgehead atoms. The van der Waals surface area contributed by atoms with Crippen LogP contribution >= 0.6 is 0 Å². The van der Waals surface area contributed by atoms with Crippen molar-refractivity contribution in [2.45, 2.75) is 51.2 Å². The second kappa shape index (κ2) is 5.52. The molecule has 1 heterocycles. The molecule has 0 atom stereocenters. The lowest BCUT2D eigenvalue weighted by Gasteiger charge is -2.22. The fourth-order valence-corrected chi connectivity index (χ4v) is 2.13. The Bertz CT molecular complexity index is 390. The van der Waals surface area contributed by atoms with Crippen molar-refractivity contribution in [3.05, 3.63) is 12.3 Å². The van der Waals surface area contributed by atoms with E-state index < -0.39 is 0 Å². The molecule has 1 fully saturated rings. The summed E-state index contributed by atoms with van der Waals surface area (Å²) in [5.41, 5.74) is 6.00. The van der Waals surface area contributed by atoms with Gasteiger partial charge in [0.25, 0.3) is 0 Å². The molecule has 0 unspecified atom stereocenters. The van der Waals surface area contributed by atoms with Crippen molar-refractivity contribution in [3.8, 4) is 11.9 Å². The van der Waals surface area contributed by atoms with Gasteiger partial charge < -0.3 is 15.2 Å². The minimum atomic E-state index is -0.210. The van der Waals surface area contributed by atoms with Crippen LogP contribution in [0.3, 0.4) is 0 Å². The second-order valence-electron chi connectivity index (χ2n) is 5.20. The number of rotatable bonds is 5. The van der Waals surface area contributed by atoms with Crippen molar-refractivity contribution in [2.24, 2.45) is 5.73 Å². The fraction of sp³-hybridized carbons (Fsp3) is 0.692. The van der Waals surface area contributed by atoms with Crippen LogP contribution in [0.1, 0.15) is 39.5 Å². The summed E-state index contributed by atoms with van der Waals surface area (Å²) in [5.74, 6) is 0.535. The first-order valence-corrected chi connectivity index (χ1v) is 6.49. The van der Waals surface area contributed by atoms with Crippen LogP contribution in [-0.2, 0) is 0 Å². The third kappa shape index (κ3) is 3.57. The lowest BCUT2D eigenvalue weighted by molar-refractivity contribution is 0.195. The summed E-state index contributed by atoms with van der Waals surface area (Å²) >= 11 is 0. The Labute approximate surface area is 108 Å². The summed E-state index contributed by atoms with van der Waals surface area (Å²) < 4.78 is 11.1. The predicted molar refractivity (Wildman–Crippen MR) is 68.7 cm³/mol. The van der Waals surface area contributed by atoms with Crippen LogP contribution in [-0.4, -0.2) is 28.2 Å². The van der Waals surface area contributed by atoms with Crippen molar-refractivity contribution in [3.63, 3.8) is 0 Å². The molecule has 2 N–H and O–H groups in total. The highest BCUT2D eigenvalue weighted by atomic mass is 16.5. The van der Waals surface area contributed by atoms with Gasteiger partial charge in [-0.1, -0.05) is 12.8 Å². The lowest BCUT2D eigenvalue weighted by Crippen LogP contribution is -2.42. The van der Waals surface area contributed by atoms with Gasteiger partial charge in [-0.05, 0) is 26.7 Å². The first-order valence-electron chi connectivity index (χ1n) is 6.49. The molecule has 5 nitrogen and oxygen atoms in total. The summed E-state index contributed by atoms with van der Waals surface area (Å²) in [6, 6.07) is 2.06. The van der Waals surface area contributed by atoms with Crippen molar-refractivity contribution in [1.82, 2.24) is 9.97 Å². The summed E-state index contributed by atoms with van der Waals surface area (Å²) in [5, 5.41) is 0. The van der Waals surface area contributed by atoms with Crippen LogP contribution in [0, 0.1) is 0 Å². The zero-order valence-corrected chi connectivity index (χ0v) is 11.1. The second-order valence-corrected chi connectivity index (χ2v) is 5.20. The van der Waals surface area contributed by atoms with Gasteiger partial charge in [0.15, 0.2) is 0 Å².